The second-order valence-corrected chi connectivity index (χ2v) is 5.05. The van der Waals surface area contributed by atoms with Crippen molar-refractivity contribution in [2.45, 2.75) is 38.5 Å². The van der Waals surface area contributed by atoms with E-state index in [9.17, 15) is 18.0 Å². The average Bonchev–Trinajstić information content (AvgIpc) is 2.19. The molecular formula is C10H19F3N2OS. The first kappa shape index (κ1) is 16.6. The van der Waals surface area contributed by atoms with Crippen LogP contribution in [0.5, 0.6) is 0 Å². The van der Waals surface area contributed by atoms with Gasteiger partial charge in [-0.25, -0.2) is 0 Å². The van der Waals surface area contributed by atoms with Crippen LogP contribution in [0.1, 0.15) is 20.3 Å². The summed E-state index contributed by atoms with van der Waals surface area (Å²) in [4.78, 5) is 12.5. The second kappa shape index (κ2) is 7.10. The zero-order chi connectivity index (χ0) is 13.6. The maximum absolute atomic E-state index is 12.3. The highest BCUT2D eigenvalue weighted by Gasteiger charge is 2.35. The van der Waals surface area contributed by atoms with E-state index in [2.05, 4.69) is 0 Å². The molecule has 0 heterocycles. The third kappa shape index (κ3) is 6.78. The van der Waals surface area contributed by atoms with Gasteiger partial charge in [-0.15, -0.1) is 0 Å². The van der Waals surface area contributed by atoms with Gasteiger partial charge in [-0.2, -0.15) is 24.9 Å². The van der Waals surface area contributed by atoms with E-state index in [1.54, 1.807) is 13.8 Å². The predicted octanol–water partition coefficient (Wildman–Crippen LogP) is 1.87. The van der Waals surface area contributed by atoms with E-state index in [1.807, 2.05) is 6.26 Å². The smallest absolute Gasteiger partial charge is 0.330 e. The van der Waals surface area contributed by atoms with Crippen LogP contribution < -0.4 is 5.73 Å². The monoisotopic (exact) mass is 272 g/mol. The van der Waals surface area contributed by atoms with E-state index in [-0.39, 0.29) is 0 Å². The highest BCUT2D eigenvalue weighted by Crippen LogP contribution is 2.19. The molecule has 17 heavy (non-hydrogen) atoms. The van der Waals surface area contributed by atoms with Crippen LogP contribution in [-0.2, 0) is 4.79 Å². The first-order chi connectivity index (χ1) is 7.69. The standard InChI is InChI=1S/C10H19F3N2OS/c1-7(2)15(6-10(11,12)13)9(16)8(14)4-5-17-3/h7-8H,4-6,14H2,1-3H3/t8-/m1/s1. The molecule has 0 aromatic heterocycles. The number of carbonyl (C=O) groups is 1. The van der Waals surface area contributed by atoms with Gasteiger partial charge in [-0.1, -0.05) is 0 Å². The molecule has 1 amide bonds. The molecule has 7 heteroatoms. The molecule has 1 atom stereocenters. The third-order valence-corrected chi connectivity index (χ3v) is 2.85. The lowest BCUT2D eigenvalue weighted by Gasteiger charge is -2.30. The molecule has 0 aliphatic carbocycles. The van der Waals surface area contributed by atoms with Gasteiger partial charge in [-0.05, 0) is 32.3 Å². The van der Waals surface area contributed by atoms with Gasteiger partial charge in [0.15, 0.2) is 0 Å². The molecule has 0 rings (SSSR count). The molecule has 0 fully saturated rings. The summed E-state index contributed by atoms with van der Waals surface area (Å²) in [6.45, 7) is 1.85. The fraction of sp³-hybridized carbons (Fsp3) is 0.900. The summed E-state index contributed by atoms with van der Waals surface area (Å²) in [7, 11) is 0. The topological polar surface area (TPSA) is 46.3 Å². The van der Waals surface area contributed by atoms with Gasteiger partial charge in [0.2, 0.25) is 5.91 Å². The molecular weight excluding hydrogens is 253 g/mol. The molecule has 0 aromatic rings. The largest absolute Gasteiger partial charge is 0.406 e. The van der Waals surface area contributed by atoms with E-state index in [0.29, 0.717) is 12.2 Å². The quantitative estimate of drug-likeness (QED) is 0.803. The van der Waals surface area contributed by atoms with Gasteiger partial charge in [0.1, 0.15) is 6.54 Å². The van der Waals surface area contributed by atoms with Crippen molar-refractivity contribution >= 4 is 17.7 Å². The van der Waals surface area contributed by atoms with Crippen LogP contribution in [-0.4, -0.2) is 47.6 Å². The lowest BCUT2D eigenvalue weighted by atomic mass is 10.2. The molecule has 0 aliphatic rings. The molecule has 0 spiro atoms. The molecule has 0 radical (unpaired) electrons. The molecule has 0 aromatic carbocycles. The summed E-state index contributed by atoms with van der Waals surface area (Å²) in [5, 5.41) is 0. The highest BCUT2D eigenvalue weighted by atomic mass is 32.2. The molecule has 2 N–H and O–H groups in total. The molecule has 0 saturated heterocycles. The van der Waals surface area contributed by atoms with Crippen molar-refractivity contribution in [3.63, 3.8) is 0 Å². The maximum atomic E-state index is 12.3. The lowest BCUT2D eigenvalue weighted by Crippen LogP contribution is -2.50. The highest BCUT2D eigenvalue weighted by molar-refractivity contribution is 7.98. The van der Waals surface area contributed by atoms with Gasteiger partial charge >= 0.3 is 6.18 Å². The number of carbonyl (C=O) groups excluding carboxylic acids is 1. The van der Waals surface area contributed by atoms with Crippen LogP contribution in [0.2, 0.25) is 0 Å². The first-order valence-corrected chi connectivity index (χ1v) is 6.70. The number of nitrogens with two attached hydrogens (primary N) is 1. The zero-order valence-electron chi connectivity index (χ0n) is 10.3. The Bertz CT molecular complexity index is 246. The summed E-state index contributed by atoms with van der Waals surface area (Å²) < 4.78 is 36.9. The number of halogens is 3. The van der Waals surface area contributed by atoms with Crippen molar-refractivity contribution in [2.24, 2.45) is 5.73 Å². The van der Waals surface area contributed by atoms with Crippen LogP contribution in [0.3, 0.4) is 0 Å². The summed E-state index contributed by atoms with van der Waals surface area (Å²) in [5.41, 5.74) is 5.59. The number of amides is 1. The minimum absolute atomic E-state index is 0.390. The SMILES string of the molecule is CSCC[C@@H](N)C(=O)N(CC(F)(F)F)C(C)C. The molecule has 0 saturated carbocycles. The Labute approximate surface area is 104 Å². The number of hydrogen-bond donors (Lipinski definition) is 1. The first-order valence-electron chi connectivity index (χ1n) is 5.30. The van der Waals surface area contributed by atoms with Crippen LogP contribution >= 0.6 is 11.8 Å². The Morgan fingerprint density at radius 3 is 2.29 bits per heavy atom. The van der Waals surface area contributed by atoms with Crippen molar-refractivity contribution in [3.8, 4) is 0 Å². The summed E-state index contributed by atoms with van der Waals surface area (Å²) in [5.74, 6) is 0.0246. The number of alkyl halides is 3. The maximum Gasteiger partial charge on any atom is 0.406 e. The van der Waals surface area contributed by atoms with Gasteiger partial charge in [-0.3, -0.25) is 4.79 Å². The van der Waals surface area contributed by atoms with E-state index >= 15 is 0 Å². The van der Waals surface area contributed by atoms with Crippen molar-refractivity contribution in [1.29, 1.82) is 0 Å². The van der Waals surface area contributed by atoms with Crippen LogP contribution in [0.25, 0.3) is 0 Å². The molecule has 0 bridgehead atoms. The van der Waals surface area contributed by atoms with Gasteiger partial charge in [0, 0.05) is 6.04 Å². The van der Waals surface area contributed by atoms with E-state index in [1.165, 1.54) is 11.8 Å². The number of rotatable bonds is 6. The number of thioether (sulfide) groups is 1. The Morgan fingerprint density at radius 2 is 1.94 bits per heavy atom. The minimum atomic E-state index is -4.39. The van der Waals surface area contributed by atoms with Crippen LogP contribution in [0, 0.1) is 0 Å². The Balaban J connectivity index is 4.54. The summed E-state index contributed by atoms with van der Waals surface area (Å²) in [6, 6.07) is -1.36. The molecule has 0 unspecified atom stereocenters. The zero-order valence-corrected chi connectivity index (χ0v) is 11.1. The van der Waals surface area contributed by atoms with Crippen LogP contribution in [0.4, 0.5) is 13.2 Å². The van der Waals surface area contributed by atoms with Crippen molar-refractivity contribution in [1.82, 2.24) is 4.90 Å². The summed E-state index contributed by atoms with van der Waals surface area (Å²) >= 11 is 1.51. The second-order valence-electron chi connectivity index (χ2n) is 4.06. The average molecular weight is 272 g/mol. The van der Waals surface area contributed by atoms with Crippen LogP contribution in [0.15, 0.2) is 0 Å². The number of nitrogens with zero attached hydrogens (tertiary/aromatic N) is 1. The van der Waals surface area contributed by atoms with Gasteiger partial charge in [0.25, 0.3) is 0 Å². The Hall–Kier alpha value is -0.430. The molecule has 102 valence electrons. The number of hydrogen-bond acceptors (Lipinski definition) is 3. The molecule has 0 aliphatic heterocycles. The normalized spacial score (nSPS) is 13.9. The van der Waals surface area contributed by atoms with Gasteiger partial charge in [0.05, 0.1) is 6.04 Å². The fourth-order valence-corrected chi connectivity index (χ4v) is 1.78. The van der Waals surface area contributed by atoms with E-state index in [4.69, 9.17) is 5.73 Å². The third-order valence-electron chi connectivity index (χ3n) is 2.21. The Morgan fingerprint density at radius 1 is 1.41 bits per heavy atom. The predicted molar refractivity (Wildman–Crippen MR) is 63.9 cm³/mol. The lowest BCUT2D eigenvalue weighted by molar-refractivity contribution is -0.165. The summed E-state index contributed by atoms with van der Waals surface area (Å²) in [6.07, 6.45) is -2.15. The van der Waals surface area contributed by atoms with Crippen molar-refractivity contribution < 1.29 is 18.0 Å². The van der Waals surface area contributed by atoms with E-state index in [0.717, 1.165) is 4.90 Å². The minimum Gasteiger partial charge on any atom is -0.330 e. The van der Waals surface area contributed by atoms with E-state index < -0.39 is 30.7 Å². The fourth-order valence-electron chi connectivity index (χ4n) is 1.29. The van der Waals surface area contributed by atoms with Gasteiger partial charge < -0.3 is 10.6 Å². The van der Waals surface area contributed by atoms with Crippen molar-refractivity contribution in [2.75, 3.05) is 18.6 Å². The Kier molecular flexibility index (Phi) is 6.92. The van der Waals surface area contributed by atoms with Crippen molar-refractivity contribution in [3.05, 3.63) is 0 Å². The molecule has 3 nitrogen and oxygen atoms in total.